The summed E-state index contributed by atoms with van der Waals surface area (Å²) in [7, 11) is 1.72. The highest BCUT2D eigenvalue weighted by Gasteiger charge is 2.23. The first kappa shape index (κ1) is 13.3. The Morgan fingerprint density at radius 3 is 2.76 bits per heavy atom. The number of carbonyl (C=O) groups excluding carboxylic acids is 1. The van der Waals surface area contributed by atoms with Gasteiger partial charge in [0.1, 0.15) is 25.5 Å². The fraction of sp³-hybridized carbons (Fsp3) is 0.600. The molecule has 0 aliphatic heterocycles. The van der Waals surface area contributed by atoms with Crippen molar-refractivity contribution in [3.8, 4) is 0 Å². The number of hydrogen-bond acceptors (Lipinski definition) is 5. The third-order valence-electron chi connectivity index (χ3n) is 2.22. The normalized spacial score (nSPS) is 12.4. The van der Waals surface area contributed by atoms with Crippen LogP contribution in [-0.2, 0) is 28.0 Å². The van der Waals surface area contributed by atoms with Gasteiger partial charge in [-0.25, -0.2) is 4.98 Å². The predicted octanol–water partition coefficient (Wildman–Crippen LogP) is 0.0116. The molecule has 1 rings (SSSR count). The molecule has 0 bridgehead atoms. The van der Waals surface area contributed by atoms with Crippen molar-refractivity contribution in [1.29, 1.82) is 0 Å². The fourth-order valence-corrected chi connectivity index (χ4v) is 1.33. The zero-order valence-electron chi connectivity index (χ0n) is 9.79. The van der Waals surface area contributed by atoms with Gasteiger partial charge in [-0.05, 0) is 6.42 Å². The number of aromatic nitrogens is 3. The van der Waals surface area contributed by atoms with E-state index in [1.807, 2.05) is 0 Å². The molecule has 0 saturated carbocycles. The Hall–Kier alpha value is -1.76. The number of nitrogens with zero attached hydrogens (tertiary/aromatic N) is 3. The summed E-state index contributed by atoms with van der Waals surface area (Å²) in [4.78, 5) is 26.1. The minimum absolute atomic E-state index is 0.0998. The van der Waals surface area contributed by atoms with E-state index < -0.39 is 17.7 Å². The van der Waals surface area contributed by atoms with Crippen LogP contribution in [-0.4, -0.2) is 38.2 Å². The van der Waals surface area contributed by atoms with Crippen LogP contribution in [0, 0.1) is 5.92 Å². The molecule has 1 N–H and O–H groups in total. The molecule has 0 spiro atoms. The lowest BCUT2D eigenvalue weighted by Crippen LogP contribution is -2.26. The topological polar surface area (TPSA) is 94.3 Å². The first-order chi connectivity index (χ1) is 8.04. The maximum absolute atomic E-state index is 11.5. The SMILES string of the molecule is CCC(C(=O)O)C(=O)COCc1ncn(C)n1. The van der Waals surface area contributed by atoms with Gasteiger partial charge in [0.15, 0.2) is 11.6 Å². The zero-order valence-corrected chi connectivity index (χ0v) is 9.79. The summed E-state index contributed by atoms with van der Waals surface area (Å²) in [5, 5.41) is 12.7. The minimum Gasteiger partial charge on any atom is -0.481 e. The summed E-state index contributed by atoms with van der Waals surface area (Å²) < 4.78 is 6.60. The molecule has 0 aliphatic carbocycles. The number of carboxylic acid groups (broad SMARTS) is 1. The fourth-order valence-electron chi connectivity index (χ4n) is 1.33. The number of aryl methyl sites for hydroxylation is 1. The van der Waals surface area contributed by atoms with Gasteiger partial charge in [0.25, 0.3) is 0 Å². The number of carboxylic acids is 1. The molecule has 1 atom stereocenters. The molecule has 0 radical (unpaired) electrons. The van der Waals surface area contributed by atoms with Crippen molar-refractivity contribution in [3.63, 3.8) is 0 Å². The molecular formula is C10H15N3O4. The largest absolute Gasteiger partial charge is 0.481 e. The molecule has 1 aromatic heterocycles. The van der Waals surface area contributed by atoms with Crippen LogP contribution in [0.25, 0.3) is 0 Å². The highest BCUT2D eigenvalue weighted by Crippen LogP contribution is 2.05. The molecule has 0 aromatic carbocycles. The number of hydrogen-bond donors (Lipinski definition) is 1. The van der Waals surface area contributed by atoms with Crippen molar-refractivity contribution in [2.75, 3.05) is 6.61 Å². The zero-order chi connectivity index (χ0) is 12.8. The van der Waals surface area contributed by atoms with Crippen LogP contribution < -0.4 is 0 Å². The summed E-state index contributed by atoms with van der Waals surface area (Å²) in [5.41, 5.74) is 0. The lowest BCUT2D eigenvalue weighted by atomic mass is 10.0. The smallest absolute Gasteiger partial charge is 0.314 e. The van der Waals surface area contributed by atoms with E-state index in [9.17, 15) is 9.59 Å². The van der Waals surface area contributed by atoms with E-state index in [-0.39, 0.29) is 19.6 Å². The molecule has 0 saturated heterocycles. The number of ketones is 1. The van der Waals surface area contributed by atoms with Crippen molar-refractivity contribution in [2.24, 2.45) is 13.0 Å². The second-order valence-electron chi connectivity index (χ2n) is 3.59. The first-order valence-electron chi connectivity index (χ1n) is 5.22. The summed E-state index contributed by atoms with van der Waals surface area (Å²) >= 11 is 0. The van der Waals surface area contributed by atoms with Crippen molar-refractivity contribution in [1.82, 2.24) is 14.8 Å². The average molecular weight is 241 g/mol. The van der Waals surface area contributed by atoms with E-state index in [1.54, 1.807) is 14.0 Å². The van der Waals surface area contributed by atoms with E-state index in [0.29, 0.717) is 5.82 Å². The highest BCUT2D eigenvalue weighted by molar-refractivity contribution is 5.98. The lowest BCUT2D eigenvalue weighted by molar-refractivity contribution is -0.148. The van der Waals surface area contributed by atoms with Gasteiger partial charge in [-0.15, -0.1) is 0 Å². The van der Waals surface area contributed by atoms with E-state index in [1.165, 1.54) is 11.0 Å². The third-order valence-corrected chi connectivity index (χ3v) is 2.22. The molecule has 1 unspecified atom stereocenters. The van der Waals surface area contributed by atoms with Crippen molar-refractivity contribution in [2.45, 2.75) is 20.0 Å². The number of Topliss-reactive ketones (excluding diaryl/α,β-unsaturated/α-hetero) is 1. The number of carbonyl (C=O) groups is 2. The second kappa shape index (κ2) is 6.09. The molecule has 7 heteroatoms. The van der Waals surface area contributed by atoms with Gasteiger partial charge in [0.05, 0.1) is 0 Å². The van der Waals surface area contributed by atoms with Gasteiger partial charge >= 0.3 is 5.97 Å². The van der Waals surface area contributed by atoms with Crippen molar-refractivity contribution in [3.05, 3.63) is 12.2 Å². The summed E-state index contributed by atoms with van der Waals surface area (Å²) in [6, 6.07) is 0. The van der Waals surface area contributed by atoms with Gasteiger partial charge in [-0.3, -0.25) is 14.3 Å². The Balaban J connectivity index is 2.35. The van der Waals surface area contributed by atoms with Crippen LogP contribution in [0.15, 0.2) is 6.33 Å². The third kappa shape index (κ3) is 3.95. The Morgan fingerprint density at radius 2 is 2.29 bits per heavy atom. The predicted molar refractivity (Wildman–Crippen MR) is 57.1 cm³/mol. The van der Waals surface area contributed by atoms with Crippen LogP contribution in [0.4, 0.5) is 0 Å². The van der Waals surface area contributed by atoms with Gasteiger partial charge in [-0.1, -0.05) is 6.92 Å². The van der Waals surface area contributed by atoms with Crippen molar-refractivity contribution >= 4 is 11.8 Å². The van der Waals surface area contributed by atoms with Crippen LogP contribution in [0.5, 0.6) is 0 Å². The molecule has 1 aromatic rings. The Bertz CT molecular complexity index is 402. The average Bonchev–Trinajstić information content (AvgIpc) is 2.64. The van der Waals surface area contributed by atoms with Gasteiger partial charge in [0.2, 0.25) is 0 Å². The van der Waals surface area contributed by atoms with Crippen LogP contribution in [0.1, 0.15) is 19.2 Å². The number of aliphatic carboxylic acids is 1. The molecule has 94 valence electrons. The maximum atomic E-state index is 11.5. The number of rotatable bonds is 7. The molecular weight excluding hydrogens is 226 g/mol. The van der Waals surface area contributed by atoms with Crippen LogP contribution in [0.3, 0.4) is 0 Å². The monoisotopic (exact) mass is 241 g/mol. The minimum atomic E-state index is -1.11. The quantitative estimate of drug-likeness (QED) is 0.676. The standard InChI is InChI=1S/C10H15N3O4/c1-3-7(10(15)16)8(14)4-17-5-9-11-6-13(2)12-9/h6-7H,3-5H2,1-2H3,(H,15,16). The van der Waals surface area contributed by atoms with Crippen molar-refractivity contribution < 1.29 is 19.4 Å². The lowest BCUT2D eigenvalue weighted by Gasteiger charge is -2.07. The van der Waals surface area contributed by atoms with E-state index >= 15 is 0 Å². The Kier molecular flexibility index (Phi) is 4.77. The molecule has 0 amide bonds. The molecule has 0 fully saturated rings. The van der Waals surface area contributed by atoms with Gasteiger partial charge in [0, 0.05) is 7.05 Å². The molecule has 1 heterocycles. The molecule has 7 nitrogen and oxygen atoms in total. The summed E-state index contributed by atoms with van der Waals surface area (Å²) in [5.74, 6) is -2.08. The first-order valence-corrected chi connectivity index (χ1v) is 5.22. The second-order valence-corrected chi connectivity index (χ2v) is 3.59. The molecule has 17 heavy (non-hydrogen) atoms. The van der Waals surface area contributed by atoms with E-state index in [0.717, 1.165) is 0 Å². The summed E-state index contributed by atoms with van der Waals surface area (Å²) in [6.45, 7) is 1.52. The Labute approximate surface area is 98.4 Å². The van der Waals surface area contributed by atoms with Crippen LogP contribution in [0.2, 0.25) is 0 Å². The van der Waals surface area contributed by atoms with Gasteiger partial charge < -0.3 is 9.84 Å². The molecule has 0 aliphatic rings. The van der Waals surface area contributed by atoms with E-state index in [4.69, 9.17) is 9.84 Å². The number of ether oxygens (including phenoxy) is 1. The Morgan fingerprint density at radius 1 is 1.59 bits per heavy atom. The summed E-state index contributed by atoms with van der Waals surface area (Å²) in [6.07, 6.45) is 1.78. The van der Waals surface area contributed by atoms with Crippen LogP contribution >= 0.6 is 0 Å². The highest BCUT2D eigenvalue weighted by atomic mass is 16.5. The van der Waals surface area contributed by atoms with Gasteiger partial charge in [-0.2, -0.15) is 5.10 Å². The van der Waals surface area contributed by atoms with E-state index in [2.05, 4.69) is 10.1 Å². The maximum Gasteiger partial charge on any atom is 0.314 e.